The van der Waals surface area contributed by atoms with E-state index >= 15 is 0 Å². The monoisotopic (exact) mass is 281 g/mol. The molecule has 1 atom stereocenters. The van der Waals surface area contributed by atoms with Gasteiger partial charge in [0.1, 0.15) is 5.75 Å². The lowest BCUT2D eigenvalue weighted by atomic mass is 10.1. The van der Waals surface area contributed by atoms with Crippen LogP contribution in [0.1, 0.15) is 24.2 Å². The second-order valence-corrected chi connectivity index (χ2v) is 4.62. The van der Waals surface area contributed by atoms with E-state index in [1.165, 1.54) is 6.07 Å². The van der Waals surface area contributed by atoms with Crippen molar-refractivity contribution in [2.75, 3.05) is 5.32 Å². The summed E-state index contributed by atoms with van der Waals surface area (Å²) in [6, 6.07) is 6.54. The van der Waals surface area contributed by atoms with E-state index in [2.05, 4.69) is 15.2 Å². The van der Waals surface area contributed by atoms with Gasteiger partial charge in [-0.05, 0) is 26.0 Å². The van der Waals surface area contributed by atoms with E-state index in [0.717, 1.165) is 16.9 Å². The van der Waals surface area contributed by atoms with Crippen LogP contribution in [0.3, 0.4) is 0 Å². The van der Waals surface area contributed by atoms with E-state index < -0.39 is 6.61 Å². The smallest absolute Gasteiger partial charge is 0.387 e. The maximum atomic E-state index is 12.2. The summed E-state index contributed by atoms with van der Waals surface area (Å²) >= 11 is 0. The molecule has 0 aliphatic carbocycles. The van der Waals surface area contributed by atoms with Crippen LogP contribution in [0.2, 0.25) is 0 Å². The summed E-state index contributed by atoms with van der Waals surface area (Å²) < 4.78 is 30.5. The molecule has 20 heavy (non-hydrogen) atoms. The first-order valence-corrected chi connectivity index (χ1v) is 6.27. The number of alkyl halides is 2. The number of hydrogen-bond donors (Lipinski definition) is 1. The average molecular weight is 281 g/mol. The van der Waals surface area contributed by atoms with Crippen molar-refractivity contribution in [1.29, 1.82) is 0 Å². The first-order chi connectivity index (χ1) is 9.45. The predicted molar refractivity (Wildman–Crippen MR) is 73.1 cm³/mol. The number of aryl methyl sites for hydroxylation is 2. The molecule has 0 radical (unpaired) electrons. The highest BCUT2D eigenvalue weighted by Crippen LogP contribution is 2.24. The molecule has 0 bridgehead atoms. The van der Waals surface area contributed by atoms with Gasteiger partial charge in [0, 0.05) is 30.6 Å². The zero-order chi connectivity index (χ0) is 14.7. The van der Waals surface area contributed by atoms with Gasteiger partial charge < -0.3 is 10.1 Å². The topological polar surface area (TPSA) is 39.1 Å². The Kier molecular flexibility index (Phi) is 4.22. The Labute approximate surface area is 116 Å². The largest absolute Gasteiger partial charge is 0.435 e. The minimum Gasteiger partial charge on any atom is -0.435 e. The Morgan fingerprint density at radius 1 is 1.35 bits per heavy atom. The van der Waals surface area contributed by atoms with Crippen LogP contribution in [0.15, 0.2) is 30.5 Å². The third kappa shape index (κ3) is 3.46. The second kappa shape index (κ2) is 5.90. The number of benzene rings is 1. The van der Waals surface area contributed by atoms with Crippen molar-refractivity contribution >= 4 is 5.69 Å². The molecule has 1 N–H and O–H groups in total. The van der Waals surface area contributed by atoms with Gasteiger partial charge in [0.15, 0.2) is 0 Å². The summed E-state index contributed by atoms with van der Waals surface area (Å²) in [7, 11) is 1.86. The number of nitrogens with zero attached hydrogens (tertiary/aromatic N) is 2. The molecule has 0 amide bonds. The van der Waals surface area contributed by atoms with E-state index in [0.29, 0.717) is 0 Å². The van der Waals surface area contributed by atoms with E-state index in [9.17, 15) is 8.78 Å². The molecule has 4 nitrogen and oxygen atoms in total. The average Bonchev–Trinajstić information content (AvgIpc) is 2.68. The molecule has 1 unspecified atom stereocenters. The highest BCUT2D eigenvalue weighted by atomic mass is 19.3. The molecule has 0 aliphatic rings. The van der Waals surface area contributed by atoms with Crippen LogP contribution in [0.4, 0.5) is 14.5 Å². The van der Waals surface area contributed by atoms with Crippen molar-refractivity contribution in [2.24, 2.45) is 7.05 Å². The van der Waals surface area contributed by atoms with Gasteiger partial charge in [-0.3, -0.25) is 4.68 Å². The summed E-state index contributed by atoms with van der Waals surface area (Å²) in [4.78, 5) is 0. The molecule has 108 valence electrons. The fourth-order valence-electron chi connectivity index (χ4n) is 2.13. The van der Waals surface area contributed by atoms with Gasteiger partial charge in [0.2, 0.25) is 0 Å². The molecule has 1 heterocycles. The van der Waals surface area contributed by atoms with Crippen LogP contribution < -0.4 is 10.1 Å². The standard InChI is InChI=1S/C14H17F2N3O/c1-9(13-8-19(3)18-10(13)2)17-11-5-4-6-12(7-11)20-14(15)16/h4-9,14,17H,1-3H3. The molecule has 0 fully saturated rings. The molecule has 0 saturated carbocycles. The SMILES string of the molecule is Cc1nn(C)cc1C(C)Nc1cccc(OC(F)F)c1. The van der Waals surface area contributed by atoms with Crippen molar-refractivity contribution in [3.63, 3.8) is 0 Å². The first-order valence-electron chi connectivity index (χ1n) is 6.27. The summed E-state index contributed by atoms with van der Waals surface area (Å²) in [5, 5.41) is 7.53. The van der Waals surface area contributed by atoms with Gasteiger partial charge in [0.25, 0.3) is 0 Å². The Balaban J connectivity index is 2.11. The van der Waals surface area contributed by atoms with Crippen molar-refractivity contribution in [3.8, 4) is 5.75 Å². The highest BCUT2D eigenvalue weighted by Gasteiger charge is 2.12. The fourth-order valence-corrected chi connectivity index (χ4v) is 2.13. The predicted octanol–water partition coefficient (Wildman–Crippen LogP) is 3.50. The van der Waals surface area contributed by atoms with Gasteiger partial charge >= 0.3 is 6.61 Å². The van der Waals surface area contributed by atoms with Crippen molar-refractivity contribution < 1.29 is 13.5 Å². The molecule has 2 aromatic rings. The van der Waals surface area contributed by atoms with Gasteiger partial charge in [-0.1, -0.05) is 6.07 Å². The third-order valence-electron chi connectivity index (χ3n) is 2.96. The number of aromatic nitrogens is 2. The quantitative estimate of drug-likeness (QED) is 0.911. The molecular weight excluding hydrogens is 264 g/mol. The zero-order valence-electron chi connectivity index (χ0n) is 11.6. The lowest BCUT2D eigenvalue weighted by Crippen LogP contribution is -2.08. The Morgan fingerprint density at radius 2 is 2.10 bits per heavy atom. The Hall–Kier alpha value is -2.11. The molecule has 1 aromatic carbocycles. The lowest BCUT2D eigenvalue weighted by molar-refractivity contribution is -0.0498. The zero-order valence-corrected chi connectivity index (χ0v) is 11.6. The van der Waals surface area contributed by atoms with Crippen molar-refractivity contribution in [3.05, 3.63) is 41.7 Å². The number of nitrogens with one attached hydrogen (secondary N) is 1. The maximum Gasteiger partial charge on any atom is 0.387 e. The minimum atomic E-state index is -2.82. The molecule has 0 saturated heterocycles. The summed E-state index contributed by atoms with van der Waals surface area (Å²) in [5.41, 5.74) is 2.72. The number of halogens is 2. The van der Waals surface area contributed by atoms with Gasteiger partial charge in [0.05, 0.1) is 11.7 Å². The van der Waals surface area contributed by atoms with Crippen LogP contribution >= 0.6 is 0 Å². The normalized spacial score (nSPS) is 12.5. The van der Waals surface area contributed by atoms with Crippen molar-refractivity contribution in [1.82, 2.24) is 9.78 Å². The molecule has 0 spiro atoms. The summed E-state index contributed by atoms with van der Waals surface area (Å²) in [6.45, 7) is 1.11. The molecule has 1 aromatic heterocycles. The number of anilines is 1. The Morgan fingerprint density at radius 3 is 2.70 bits per heavy atom. The van der Waals surface area contributed by atoms with Gasteiger partial charge in [-0.15, -0.1) is 0 Å². The molecule has 6 heteroatoms. The van der Waals surface area contributed by atoms with Crippen LogP contribution in [0.5, 0.6) is 5.75 Å². The van der Waals surface area contributed by atoms with Crippen molar-refractivity contribution in [2.45, 2.75) is 26.5 Å². The summed E-state index contributed by atoms with van der Waals surface area (Å²) in [6.07, 6.45) is 1.94. The third-order valence-corrected chi connectivity index (χ3v) is 2.96. The van der Waals surface area contributed by atoms with E-state index in [4.69, 9.17) is 0 Å². The van der Waals surface area contributed by atoms with Crippen LogP contribution in [0, 0.1) is 6.92 Å². The Bertz CT molecular complexity index is 584. The maximum absolute atomic E-state index is 12.2. The summed E-state index contributed by atoms with van der Waals surface area (Å²) in [5.74, 6) is 0.139. The van der Waals surface area contributed by atoms with E-state index in [-0.39, 0.29) is 11.8 Å². The van der Waals surface area contributed by atoms with Gasteiger partial charge in [-0.25, -0.2) is 0 Å². The number of rotatable bonds is 5. The van der Waals surface area contributed by atoms with Crippen LogP contribution in [0.25, 0.3) is 0 Å². The van der Waals surface area contributed by atoms with E-state index in [1.54, 1.807) is 22.9 Å². The van der Waals surface area contributed by atoms with Gasteiger partial charge in [-0.2, -0.15) is 13.9 Å². The molecular formula is C14H17F2N3O. The molecule has 2 rings (SSSR count). The highest BCUT2D eigenvalue weighted by molar-refractivity contribution is 5.50. The first kappa shape index (κ1) is 14.3. The second-order valence-electron chi connectivity index (χ2n) is 4.62. The minimum absolute atomic E-state index is 0.0190. The van der Waals surface area contributed by atoms with Crippen LogP contribution in [-0.4, -0.2) is 16.4 Å². The lowest BCUT2D eigenvalue weighted by Gasteiger charge is -2.15. The van der Waals surface area contributed by atoms with E-state index in [1.807, 2.05) is 27.1 Å². The fraction of sp³-hybridized carbons (Fsp3) is 0.357. The number of hydrogen-bond acceptors (Lipinski definition) is 3. The number of ether oxygens (including phenoxy) is 1. The van der Waals surface area contributed by atoms with Crippen LogP contribution in [-0.2, 0) is 7.05 Å². The molecule has 0 aliphatic heterocycles.